The maximum Gasteiger partial charge on any atom is 0.268 e. The van der Waals surface area contributed by atoms with Crippen molar-refractivity contribution < 1.29 is 0 Å². The van der Waals surface area contributed by atoms with E-state index in [4.69, 9.17) is 5.73 Å². The van der Waals surface area contributed by atoms with Crippen molar-refractivity contribution in [2.75, 3.05) is 24.5 Å². The lowest BCUT2D eigenvalue weighted by atomic mass is 9.97. The quantitative estimate of drug-likeness (QED) is 0.803. The third kappa shape index (κ3) is 3.82. The van der Waals surface area contributed by atoms with Crippen LogP contribution in [0, 0.1) is 5.92 Å². The molecule has 0 spiro atoms. The van der Waals surface area contributed by atoms with Crippen LogP contribution in [0.15, 0.2) is 17.1 Å². The fourth-order valence-electron chi connectivity index (χ4n) is 2.70. The highest BCUT2D eigenvalue weighted by molar-refractivity contribution is 5.43. The van der Waals surface area contributed by atoms with Gasteiger partial charge in [-0.2, -0.15) is 5.10 Å². The summed E-state index contributed by atoms with van der Waals surface area (Å²) in [6.45, 7) is 5.60. The molecule has 1 aliphatic rings. The summed E-state index contributed by atoms with van der Waals surface area (Å²) in [5, 5.41) is 4.30. The first-order chi connectivity index (χ1) is 9.74. The molecule has 5 nitrogen and oxygen atoms in total. The van der Waals surface area contributed by atoms with Crippen molar-refractivity contribution in [1.82, 2.24) is 9.78 Å². The first kappa shape index (κ1) is 15.0. The maximum absolute atomic E-state index is 12.1. The molecule has 112 valence electrons. The smallest absolute Gasteiger partial charge is 0.268 e. The van der Waals surface area contributed by atoms with E-state index in [1.54, 1.807) is 10.7 Å². The third-order valence-electron chi connectivity index (χ3n) is 4.14. The normalized spacial score (nSPS) is 16.6. The summed E-state index contributed by atoms with van der Waals surface area (Å²) < 4.78 is 1.58. The van der Waals surface area contributed by atoms with Gasteiger partial charge in [0.05, 0.1) is 11.9 Å². The van der Waals surface area contributed by atoms with E-state index in [1.165, 1.54) is 0 Å². The van der Waals surface area contributed by atoms with Crippen LogP contribution < -0.4 is 16.2 Å². The van der Waals surface area contributed by atoms with Crippen molar-refractivity contribution in [3.63, 3.8) is 0 Å². The predicted octanol–water partition coefficient (Wildman–Crippen LogP) is 1.61. The molecule has 0 atom stereocenters. The van der Waals surface area contributed by atoms with Crippen molar-refractivity contribution >= 4 is 5.69 Å². The average Bonchev–Trinajstić information content (AvgIpc) is 2.49. The molecule has 2 heterocycles. The molecule has 5 heteroatoms. The van der Waals surface area contributed by atoms with Crippen molar-refractivity contribution in [2.45, 2.75) is 45.6 Å². The lowest BCUT2D eigenvalue weighted by Gasteiger charge is -2.32. The fourth-order valence-corrected chi connectivity index (χ4v) is 2.70. The number of nitrogens with zero attached hydrogens (tertiary/aromatic N) is 3. The van der Waals surface area contributed by atoms with Crippen molar-refractivity contribution in [2.24, 2.45) is 11.7 Å². The Morgan fingerprint density at radius 2 is 2.10 bits per heavy atom. The molecule has 0 unspecified atom stereocenters. The van der Waals surface area contributed by atoms with Crippen LogP contribution in [0.5, 0.6) is 0 Å². The first-order valence-electron chi connectivity index (χ1n) is 7.76. The van der Waals surface area contributed by atoms with E-state index in [0.29, 0.717) is 5.92 Å². The molecule has 1 saturated heterocycles. The lowest BCUT2D eigenvalue weighted by molar-refractivity contribution is 0.413. The van der Waals surface area contributed by atoms with Crippen LogP contribution in [0.4, 0.5) is 5.69 Å². The van der Waals surface area contributed by atoms with Crippen LogP contribution in [0.2, 0.25) is 0 Å². The van der Waals surface area contributed by atoms with Crippen LogP contribution in [0.25, 0.3) is 0 Å². The Kier molecular flexibility index (Phi) is 5.59. The molecular formula is C15H26N4O. The molecule has 0 bridgehead atoms. The number of hydrogen-bond donors (Lipinski definition) is 1. The summed E-state index contributed by atoms with van der Waals surface area (Å²) in [5.74, 6) is 0.633. The van der Waals surface area contributed by atoms with Crippen LogP contribution in [0.1, 0.15) is 39.0 Å². The average molecular weight is 278 g/mol. The number of aryl methyl sites for hydroxylation is 1. The summed E-state index contributed by atoms with van der Waals surface area (Å²) in [5.41, 5.74) is 6.67. The molecular weight excluding hydrogens is 252 g/mol. The van der Waals surface area contributed by atoms with Crippen LogP contribution in [0.3, 0.4) is 0 Å². The van der Waals surface area contributed by atoms with Gasteiger partial charge in [0, 0.05) is 25.7 Å². The Balaban J connectivity index is 1.97. The molecule has 2 N–H and O–H groups in total. The van der Waals surface area contributed by atoms with Gasteiger partial charge < -0.3 is 10.6 Å². The van der Waals surface area contributed by atoms with Gasteiger partial charge in [0.25, 0.3) is 5.56 Å². The highest BCUT2D eigenvalue weighted by Crippen LogP contribution is 2.20. The molecule has 0 saturated carbocycles. The van der Waals surface area contributed by atoms with E-state index in [1.807, 2.05) is 6.20 Å². The van der Waals surface area contributed by atoms with Gasteiger partial charge in [0.1, 0.15) is 0 Å². The predicted molar refractivity (Wildman–Crippen MR) is 82.0 cm³/mol. The Labute approximate surface area is 120 Å². The second-order valence-electron chi connectivity index (χ2n) is 5.65. The maximum atomic E-state index is 12.1. The number of unbranched alkanes of at least 4 members (excludes halogenated alkanes) is 2. The minimum atomic E-state index is 0.0135. The topological polar surface area (TPSA) is 64.2 Å². The van der Waals surface area contributed by atoms with Gasteiger partial charge in [-0.3, -0.25) is 4.79 Å². The summed E-state index contributed by atoms with van der Waals surface area (Å²) in [7, 11) is 0. The van der Waals surface area contributed by atoms with Gasteiger partial charge in [-0.15, -0.1) is 0 Å². The van der Waals surface area contributed by atoms with Crippen molar-refractivity contribution in [1.29, 1.82) is 0 Å². The highest BCUT2D eigenvalue weighted by Gasteiger charge is 2.18. The molecule has 1 fully saturated rings. The van der Waals surface area contributed by atoms with Crippen LogP contribution in [-0.4, -0.2) is 29.4 Å². The number of anilines is 1. The molecule has 0 amide bonds. The van der Waals surface area contributed by atoms with Gasteiger partial charge >= 0.3 is 0 Å². The van der Waals surface area contributed by atoms with Crippen molar-refractivity contribution in [3.8, 4) is 0 Å². The number of rotatable bonds is 6. The molecule has 0 radical (unpaired) electrons. The van der Waals surface area contributed by atoms with Crippen molar-refractivity contribution in [3.05, 3.63) is 22.6 Å². The Morgan fingerprint density at radius 1 is 1.35 bits per heavy atom. The number of piperidine rings is 1. The van der Waals surface area contributed by atoms with E-state index >= 15 is 0 Å². The lowest BCUT2D eigenvalue weighted by Crippen LogP contribution is -2.37. The minimum Gasteiger partial charge on any atom is -0.370 e. The molecule has 1 aromatic heterocycles. The minimum absolute atomic E-state index is 0.0135. The molecule has 1 aromatic rings. The summed E-state index contributed by atoms with van der Waals surface area (Å²) in [4.78, 5) is 14.3. The first-order valence-corrected chi connectivity index (χ1v) is 7.76. The molecule has 20 heavy (non-hydrogen) atoms. The van der Waals surface area contributed by atoms with Gasteiger partial charge in [-0.05, 0) is 31.7 Å². The van der Waals surface area contributed by atoms with Gasteiger partial charge in [-0.25, -0.2) is 4.68 Å². The largest absolute Gasteiger partial charge is 0.370 e. The summed E-state index contributed by atoms with van der Waals surface area (Å²) in [6, 6.07) is 1.72. The van der Waals surface area contributed by atoms with Crippen LogP contribution >= 0.6 is 0 Å². The third-order valence-corrected chi connectivity index (χ3v) is 4.14. The van der Waals surface area contributed by atoms with E-state index in [0.717, 1.165) is 64.0 Å². The van der Waals surface area contributed by atoms with E-state index in [9.17, 15) is 4.79 Å². The summed E-state index contributed by atoms with van der Waals surface area (Å²) in [6.07, 6.45) is 7.36. The second-order valence-corrected chi connectivity index (χ2v) is 5.65. The second kappa shape index (κ2) is 7.43. The number of aromatic nitrogens is 2. The highest BCUT2D eigenvalue weighted by atomic mass is 16.1. The molecule has 1 aliphatic heterocycles. The van der Waals surface area contributed by atoms with E-state index in [-0.39, 0.29) is 5.56 Å². The Bertz CT molecular complexity index is 463. The fraction of sp³-hybridized carbons (Fsp3) is 0.733. The SMILES string of the molecule is CCCCCn1ncc(N2CCC(CN)CC2)cc1=O. The van der Waals surface area contributed by atoms with E-state index in [2.05, 4.69) is 16.9 Å². The summed E-state index contributed by atoms with van der Waals surface area (Å²) >= 11 is 0. The number of nitrogens with two attached hydrogens (primary N) is 1. The zero-order valence-corrected chi connectivity index (χ0v) is 12.4. The van der Waals surface area contributed by atoms with Gasteiger partial charge in [0.2, 0.25) is 0 Å². The van der Waals surface area contributed by atoms with Crippen LogP contribution in [-0.2, 0) is 6.54 Å². The zero-order chi connectivity index (χ0) is 14.4. The zero-order valence-electron chi connectivity index (χ0n) is 12.4. The van der Waals surface area contributed by atoms with E-state index < -0.39 is 0 Å². The Hall–Kier alpha value is -1.36. The molecule has 2 rings (SSSR count). The number of hydrogen-bond acceptors (Lipinski definition) is 4. The van der Waals surface area contributed by atoms with Gasteiger partial charge in [-0.1, -0.05) is 19.8 Å². The Morgan fingerprint density at radius 3 is 2.70 bits per heavy atom. The monoisotopic (exact) mass is 278 g/mol. The molecule has 0 aromatic carbocycles. The molecule has 0 aliphatic carbocycles. The van der Waals surface area contributed by atoms with Gasteiger partial charge in [0.15, 0.2) is 0 Å². The standard InChI is InChI=1S/C15H26N4O/c1-2-3-4-7-19-15(20)10-14(12-17-19)18-8-5-13(11-16)6-9-18/h10,12-13H,2-9,11,16H2,1H3.